The second-order valence-corrected chi connectivity index (χ2v) is 5.72. The molecular formula is C17H13F2N3O. The molecule has 4 rings (SSSR count). The van der Waals surface area contributed by atoms with Crippen molar-refractivity contribution < 1.29 is 8.78 Å². The van der Waals surface area contributed by atoms with E-state index in [0.717, 1.165) is 15.8 Å². The maximum Gasteiger partial charge on any atom is 0.266 e. The van der Waals surface area contributed by atoms with Gasteiger partial charge in [-0.25, -0.2) is 13.8 Å². The minimum atomic E-state index is -2.85. The molecule has 116 valence electrons. The summed E-state index contributed by atoms with van der Waals surface area (Å²) in [5.74, 6) is -2.42. The molecule has 3 heterocycles. The quantitative estimate of drug-likeness (QED) is 0.694. The van der Waals surface area contributed by atoms with Gasteiger partial charge >= 0.3 is 0 Å². The van der Waals surface area contributed by atoms with Crippen molar-refractivity contribution in [1.82, 2.24) is 14.5 Å². The molecule has 0 unspecified atom stereocenters. The number of benzene rings is 1. The Labute approximate surface area is 130 Å². The van der Waals surface area contributed by atoms with Crippen molar-refractivity contribution in [3.05, 3.63) is 58.8 Å². The van der Waals surface area contributed by atoms with Gasteiger partial charge in [-0.3, -0.25) is 14.3 Å². The maximum atomic E-state index is 13.6. The number of fused-ring (bicyclic) bond motifs is 2. The van der Waals surface area contributed by atoms with Gasteiger partial charge in [0.15, 0.2) is 0 Å². The van der Waals surface area contributed by atoms with Crippen LogP contribution < -0.4 is 5.56 Å². The van der Waals surface area contributed by atoms with Crippen LogP contribution in [0.2, 0.25) is 0 Å². The van der Waals surface area contributed by atoms with Crippen LogP contribution >= 0.6 is 0 Å². The van der Waals surface area contributed by atoms with E-state index in [1.54, 1.807) is 24.4 Å². The summed E-state index contributed by atoms with van der Waals surface area (Å²) in [5.41, 5.74) is 1.74. The number of aromatic nitrogens is 3. The van der Waals surface area contributed by atoms with E-state index in [1.807, 2.05) is 18.2 Å². The van der Waals surface area contributed by atoms with Gasteiger partial charge < -0.3 is 0 Å². The Hall–Kier alpha value is -2.63. The zero-order valence-electron chi connectivity index (χ0n) is 12.2. The fourth-order valence-electron chi connectivity index (χ4n) is 2.92. The Kier molecular flexibility index (Phi) is 3.01. The Morgan fingerprint density at radius 2 is 2.04 bits per heavy atom. The Morgan fingerprint density at radius 1 is 1.17 bits per heavy atom. The molecule has 0 amide bonds. The Bertz CT molecular complexity index is 951. The Morgan fingerprint density at radius 3 is 2.83 bits per heavy atom. The summed E-state index contributed by atoms with van der Waals surface area (Å²) < 4.78 is 28.2. The van der Waals surface area contributed by atoms with Gasteiger partial charge in [0.05, 0.1) is 23.1 Å². The van der Waals surface area contributed by atoms with Crippen molar-refractivity contribution in [2.75, 3.05) is 0 Å². The molecule has 0 aliphatic carbocycles. The highest BCUT2D eigenvalue weighted by molar-refractivity contribution is 5.83. The van der Waals surface area contributed by atoms with Crippen LogP contribution in [0.5, 0.6) is 0 Å². The molecule has 0 radical (unpaired) electrons. The second kappa shape index (κ2) is 4.94. The van der Waals surface area contributed by atoms with E-state index < -0.39 is 18.0 Å². The van der Waals surface area contributed by atoms with Gasteiger partial charge in [-0.1, -0.05) is 12.1 Å². The summed E-state index contributed by atoms with van der Waals surface area (Å²) in [5, 5.41) is 0.353. The molecule has 0 atom stereocenters. The highest BCUT2D eigenvalue weighted by Crippen LogP contribution is 2.28. The molecule has 23 heavy (non-hydrogen) atoms. The van der Waals surface area contributed by atoms with Crippen LogP contribution in [0.3, 0.4) is 0 Å². The van der Waals surface area contributed by atoms with Gasteiger partial charge in [0.2, 0.25) is 0 Å². The molecule has 0 N–H and O–H groups in total. The van der Waals surface area contributed by atoms with Crippen LogP contribution in [0.15, 0.2) is 47.4 Å². The molecule has 4 nitrogen and oxygen atoms in total. The van der Waals surface area contributed by atoms with Gasteiger partial charge in [0.1, 0.15) is 5.82 Å². The predicted molar refractivity (Wildman–Crippen MR) is 82.5 cm³/mol. The largest absolute Gasteiger partial charge is 0.290 e. The molecule has 0 fully saturated rings. The fraction of sp³-hybridized carbons (Fsp3) is 0.235. The van der Waals surface area contributed by atoms with Crippen LogP contribution in [0.1, 0.15) is 12.2 Å². The summed E-state index contributed by atoms with van der Waals surface area (Å²) in [6.45, 7) is -0.591. The zero-order valence-corrected chi connectivity index (χ0v) is 12.2. The molecule has 0 saturated heterocycles. The number of hydrogen-bond donors (Lipinski definition) is 0. The standard InChI is InChI=1S/C17H13F2N3O/c18-17(19)7-6-15-21-14-9-11(13-3-1-2-8-20-13)4-5-12(14)16(23)22(15)10-17/h1-5,8-9H,6-7,10H2. The third-order valence-electron chi connectivity index (χ3n) is 4.10. The van der Waals surface area contributed by atoms with E-state index in [4.69, 9.17) is 0 Å². The summed E-state index contributed by atoms with van der Waals surface area (Å²) in [6, 6.07) is 10.8. The van der Waals surface area contributed by atoms with Crippen molar-refractivity contribution in [1.29, 1.82) is 0 Å². The third kappa shape index (κ3) is 2.40. The highest BCUT2D eigenvalue weighted by Gasteiger charge is 2.35. The molecule has 1 aliphatic rings. The molecule has 2 aromatic heterocycles. The number of pyridine rings is 1. The van der Waals surface area contributed by atoms with Gasteiger partial charge in [-0.15, -0.1) is 0 Å². The van der Waals surface area contributed by atoms with E-state index in [0.29, 0.717) is 16.7 Å². The predicted octanol–water partition coefficient (Wildman–Crippen LogP) is 3.04. The minimum Gasteiger partial charge on any atom is -0.290 e. The lowest BCUT2D eigenvalue weighted by atomic mass is 10.1. The zero-order chi connectivity index (χ0) is 16.0. The fourth-order valence-corrected chi connectivity index (χ4v) is 2.92. The highest BCUT2D eigenvalue weighted by atomic mass is 19.3. The van der Waals surface area contributed by atoms with Crippen LogP contribution in [-0.4, -0.2) is 20.5 Å². The molecule has 0 spiro atoms. The summed E-state index contributed by atoms with van der Waals surface area (Å²) in [4.78, 5) is 21.2. The third-order valence-corrected chi connectivity index (χ3v) is 4.10. The monoisotopic (exact) mass is 313 g/mol. The number of rotatable bonds is 1. The van der Waals surface area contributed by atoms with Gasteiger partial charge in [-0.05, 0) is 24.3 Å². The van der Waals surface area contributed by atoms with E-state index in [9.17, 15) is 13.6 Å². The topological polar surface area (TPSA) is 47.8 Å². The maximum absolute atomic E-state index is 13.6. The normalized spacial score (nSPS) is 16.3. The first-order valence-corrected chi connectivity index (χ1v) is 7.36. The first-order valence-electron chi connectivity index (χ1n) is 7.36. The number of nitrogens with zero attached hydrogens (tertiary/aromatic N) is 3. The molecule has 1 aromatic carbocycles. The minimum absolute atomic E-state index is 0.103. The van der Waals surface area contributed by atoms with Crippen LogP contribution in [0, 0.1) is 0 Å². The van der Waals surface area contributed by atoms with Gasteiger partial charge in [-0.2, -0.15) is 0 Å². The van der Waals surface area contributed by atoms with Gasteiger partial charge in [0.25, 0.3) is 11.5 Å². The van der Waals surface area contributed by atoms with Crippen molar-refractivity contribution in [3.63, 3.8) is 0 Å². The molecular weight excluding hydrogens is 300 g/mol. The second-order valence-electron chi connectivity index (χ2n) is 5.72. The lowest BCUT2D eigenvalue weighted by Gasteiger charge is -2.25. The van der Waals surface area contributed by atoms with Crippen LogP contribution in [0.4, 0.5) is 8.78 Å². The van der Waals surface area contributed by atoms with Crippen molar-refractivity contribution in [2.24, 2.45) is 0 Å². The molecule has 1 aliphatic heterocycles. The summed E-state index contributed by atoms with van der Waals surface area (Å²) in [7, 11) is 0. The van der Waals surface area contributed by atoms with E-state index in [2.05, 4.69) is 9.97 Å². The number of halogens is 2. The number of aryl methyl sites for hydroxylation is 1. The molecule has 6 heteroatoms. The van der Waals surface area contributed by atoms with E-state index in [1.165, 1.54) is 0 Å². The van der Waals surface area contributed by atoms with Crippen molar-refractivity contribution >= 4 is 10.9 Å². The van der Waals surface area contributed by atoms with Crippen molar-refractivity contribution in [2.45, 2.75) is 25.3 Å². The summed E-state index contributed by atoms with van der Waals surface area (Å²) in [6.07, 6.45) is 1.52. The number of alkyl halides is 2. The lowest BCUT2D eigenvalue weighted by molar-refractivity contribution is -0.0363. The molecule has 3 aromatic rings. The van der Waals surface area contributed by atoms with E-state index in [-0.39, 0.29) is 12.8 Å². The van der Waals surface area contributed by atoms with Crippen molar-refractivity contribution in [3.8, 4) is 11.3 Å². The lowest BCUT2D eigenvalue weighted by Crippen LogP contribution is -2.38. The molecule has 0 bridgehead atoms. The van der Waals surface area contributed by atoms with Gasteiger partial charge in [0, 0.05) is 24.6 Å². The molecule has 0 saturated carbocycles. The smallest absolute Gasteiger partial charge is 0.266 e. The average molecular weight is 313 g/mol. The first kappa shape index (κ1) is 14.0. The average Bonchev–Trinajstić information content (AvgIpc) is 2.56. The first-order chi connectivity index (χ1) is 11.0. The summed E-state index contributed by atoms with van der Waals surface area (Å²) >= 11 is 0. The Balaban J connectivity index is 1.90. The van der Waals surface area contributed by atoms with Crippen LogP contribution in [0.25, 0.3) is 22.2 Å². The SMILES string of the molecule is O=c1c2ccc(-c3ccccn3)cc2nc2n1CC(F)(F)CC2. The number of hydrogen-bond acceptors (Lipinski definition) is 3. The van der Waals surface area contributed by atoms with Crippen LogP contribution in [-0.2, 0) is 13.0 Å². The van der Waals surface area contributed by atoms with E-state index >= 15 is 0 Å².